The summed E-state index contributed by atoms with van der Waals surface area (Å²) >= 11 is 5.75. The SMILES string of the molecule is Nc1ccc(C(=O)NCC(=O)O)c(Cl)c1. The molecule has 15 heavy (non-hydrogen) atoms. The highest BCUT2D eigenvalue weighted by molar-refractivity contribution is 6.34. The summed E-state index contributed by atoms with van der Waals surface area (Å²) in [4.78, 5) is 21.6. The van der Waals surface area contributed by atoms with Gasteiger partial charge in [-0.1, -0.05) is 11.6 Å². The van der Waals surface area contributed by atoms with Crippen molar-refractivity contribution in [3.8, 4) is 0 Å². The lowest BCUT2D eigenvalue weighted by Crippen LogP contribution is -2.29. The molecule has 0 aliphatic rings. The highest BCUT2D eigenvalue weighted by Crippen LogP contribution is 2.18. The summed E-state index contributed by atoms with van der Waals surface area (Å²) in [5, 5.41) is 10.7. The Morgan fingerprint density at radius 2 is 2.13 bits per heavy atom. The van der Waals surface area contributed by atoms with Crippen LogP contribution in [-0.4, -0.2) is 23.5 Å². The number of carbonyl (C=O) groups excluding carboxylic acids is 1. The van der Waals surface area contributed by atoms with Crippen molar-refractivity contribution in [3.63, 3.8) is 0 Å². The van der Waals surface area contributed by atoms with Crippen LogP contribution in [-0.2, 0) is 4.79 Å². The van der Waals surface area contributed by atoms with Crippen LogP contribution in [0.4, 0.5) is 5.69 Å². The minimum Gasteiger partial charge on any atom is -0.480 e. The van der Waals surface area contributed by atoms with Gasteiger partial charge in [0, 0.05) is 5.69 Å². The summed E-state index contributed by atoms with van der Waals surface area (Å²) in [6, 6.07) is 4.38. The molecule has 0 saturated heterocycles. The summed E-state index contributed by atoms with van der Waals surface area (Å²) < 4.78 is 0. The Hall–Kier alpha value is -1.75. The summed E-state index contributed by atoms with van der Waals surface area (Å²) in [6.45, 7) is -0.445. The first kappa shape index (κ1) is 11.3. The van der Waals surface area contributed by atoms with Crippen molar-refractivity contribution < 1.29 is 14.7 Å². The Kier molecular flexibility index (Phi) is 3.51. The number of aliphatic carboxylic acids is 1. The van der Waals surface area contributed by atoms with Crippen molar-refractivity contribution in [1.29, 1.82) is 0 Å². The van der Waals surface area contributed by atoms with Gasteiger partial charge in [0.2, 0.25) is 0 Å². The molecule has 0 heterocycles. The number of carboxylic acids is 1. The van der Waals surface area contributed by atoms with E-state index in [1.807, 2.05) is 0 Å². The van der Waals surface area contributed by atoms with Gasteiger partial charge in [-0.2, -0.15) is 0 Å². The van der Waals surface area contributed by atoms with Gasteiger partial charge < -0.3 is 16.2 Å². The van der Waals surface area contributed by atoms with Gasteiger partial charge in [0.25, 0.3) is 5.91 Å². The quantitative estimate of drug-likeness (QED) is 0.665. The molecule has 1 aromatic rings. The van der Waals surface area contributed by atoms with E-state index in [0.717, 1.165) is 0 Å². The van der Waals surface area contributed by atoms with E-state index in [-0.39, 0.29) is 10.6 Å². The number of carboxylic acid groups (broad SMARTS) is 1. The highest BCUT2D eigenvalue weighted by Gasteiger charge is 2.10. The maximum absolute atomic E-state index is 11.4. The zero-order valence-electron chi connectivity index (χ0n) is 7.66. The summed E-state index contributed by atoms with van der Waals surface area (Å²) in [5.74, 6) is -1.66. The Balaban J connectivity index is 2.78. The van der Waals surface area contributed by atoms with Crippen molar-refractivity contribution in [3.05, 3.63) is 28.8 Å². The summed E-state index contributed by atoms with van der Waals surface area (Å²) in [5.41, 5.74) is 6.08. The lowest BCUT2D eigenvalue weighted by Gasteiger charge is -2.04. The standard InChI is InChI=1S/C9H9ClN2O3/c10-7-3-5(11)1-2-6(7)9(15)12-4-8(13)14/h1-3H,4,11H2,(H,12,15)(H,13,14). The van der Waals surface area contributed by atoms with Crippen LogP contribution in [0.25, 0.3) is 0 Å². The lowest BCUT2D eigenvalue weighted by atomic mass is 10.2. The third-order valence-corrected chi connectivity index (χ3v) is 1.95. The zero-order valence-corrected chi connectivity index (χ0v) is 8.41. The number of benzene rings is 1. The molecule has 0 spiro atoms. The third kappa shape index (κ3) is 3.14. The second kappa shape index (κ2) is 4.65. The van der Waals surface area contributed by atoms with Gasteiger partial charge >= 0.3 is 5.97 Å². The number of hydrogen-bond donors (Lipinski definition) is 3. The zero-order chi connectivity index (χ0) is 11.4. The minimum atomic E-state index is -1.12. The molecule has 0 saturated carbocycles. The van der Waals surface area contributed by atoms with Gasteiger partial charge in [-0.05, 0) is 18.2 Å². The van der Waals surface area contributed by atoms with Crippen molar-refractivity contribution in [2.45, 2.75) is 0 Å². The highest BCUT2D eigenvalue weighted by atomic mass is 35.5. The molecule has 0 fully saturated rings. The van der Waals surface area contributed by atoms with Crippen LogP contribution in [0, 0.1) is 0 Å². The molecule has 80 valence electrons. The maximum Gasteiger partial charge on any atom is 0.322 e. The average Bonchev–Trinajstić information content (AvgIpc) is 2.14. The number of nitrogen functional groups attached to an aromatic ring is 1. The Morgan fingerprint density at radius 1 is 1.47 bits per heavy atom. The molecule has 4 N–H and O–H groups in total. The number of anilines is 1. The topological polar surface area (TPSA) is 92.4 Å². The number of halogens is 1. The predicted molar refractivity (Wildman–Crippen MR) is 55.8 cm³/mol. The van der Waals surface area contributed by atoms with E-state index in [2.05, 4.69) is 5.32 Å². The van der Waals surface area contributed by atoms with Crippen LogP contribution in [0.3, 0.4) is 0 Å². The fraction of sp³-hybridized carbons (Fsp3) is 0.111. The van der Waals surface area contributed by atoms with E-state index >= 15 is 0 Å². The molecule has 0 unspecified atom stereocenters. The molecule has 1 amide bonds. The molecule has 5 nitrogen and oxygen atoms in total. The van der Waals surface area contributed by atoms with Crippen LogP contribution in [0.5, 0.6) is 0 Å². The van der Waals surface area contributed by atoms with E-state index in [1.165, 1.54) is 18.2 Å². The molecule has 0 aliphatic heterocycles. The van der Waals surface area contributed by atoms with Crippen LogP contribution in [0.2, 0.25) is 5.02 Å². The van der Waals surface area contributed by atoms with Crippen LogP contribution >= 0.6 is 11.6 Å². The Morgan fingerprint density at radius 3 is 2.67 bits per heavy atom. The fourth-order valence-corrected chi connectivity index (χ4v) is 1.24. The van der Waals surface area contributed by atoms with E-state index in [1.54, 1.807) is 0 Å². The maximum atomic E-state index is 11.4. The summed E-state index contributed by atoms with van der Waals surface area (Å²) in [7, 11) is 0. The Bertz CT molecular complexity index is 406. The van der Waals surface area contributed by atoms with Crippen LogP contribution in [0.15, 0.2) is 18.2 Å². The van der Waals surface area contributed by atoms with Crippen LogP contribution in [0.1, 0.15) is 10.4 Å². The van der Waals surface area contributed by atoms with Crippen molar-refractivity contribution in [1.82, 2.24) is 5.32 Å². The van der Waals surface area contributed by atoms with E-state index in [0.29, 0.717) is 5.69 Å². The van der Waals surface area contributed by atoms with Crippen LogP contribution < -0.4 is 11.1 Å². The number of amides is 1. The number of nitrogens with two attached hydrogens (primary N) is 1. The second-order valence-corrected chi connectivity index (χ2v) is 3.22. The molecule has 0 radical (unpaired) electrons. The average molecular weight is 229 g/mol. The number of hydrogen-bond acceptors (Lipinski definition) is 3. The normalized spacial score (nSPS) is 9.67. The van der Waals surface area contributed by atoms with Crippen molar-refractivity contribution in [2.24, 2.45) is 0 Å². The molecule has 1 rings (SSSR count). The van der Waals surface area contributed by atoms with Gasteiger partial charge in [0.15, 0.2) is 0 Å². The van der Waals surface area contributed by atoms with Gasteiger partial charge in [-0.25, -0.2) is 0 Å². The molecule has 6 heteroatoms. The molecular formula is C9H9ClN2O3. The first-order chi connectivity index (χ1) is 7.00. The van der Waals surface area contributed by atoms with E-state index in [4.69, 9.17) is 22.4 Å². The first-order valence-electron chi connectivity index (χ1n) is 4.05. The molecule has 0 aromatic heterocycles. The van der Waals surface area contributed by atoms with Gasteiger partial charge in [0.05, 0.1) is 10.6 Å². The van der Waals surface area contributed by atoms with E-state index < -0.39 is 18.4 Å². The van der Waals surface area contributed by atoms with Gasteiger partial charge in [-0.3, -0.25) is 9.59 Å². The smallest absolute Gasteiger partial charge is 0.322 e. The summed E-state index contributed by atoms with van der Waals surface area (Å²) in [6.07, 6.45) is 0. The lowest BCUT2D eigenvalue weighted by molar-refractivity contribution is -0.135. The molecule has 0 atom stereocenters. The van der Waals surface area contributed by atoms with Crippen molar-refractivity contribution >= 4 is 29.2 Å². The van der Waals surface area contributed by atoms with Gasteiger partial charge in [-0.15, -0.1) is 0 Å². The molecule has 0 aliphatic carbocycles. The first-order valence-corrected chi connectivity index (χ1v) is 4.43. The second-order valence-electron chi connectivity index (χ2n) is 2.82. The molecule has 1 aromatic carbocycles. The predicted octanol–water partition coefficient (Wildman–Crippen LogP) is 0.737. The minimum absolute atomic E-state index is 0.192. The monoisotopic (exact) mass is 228 g/mol. The molecule has 0 bridgehead atoms. The largest absolute Gasteiger partial charge is 0.480 e. The van der Waals surface area contributed by atoms with Crippen molar-refractivity contribution in [2.75, 3.05) is 12.3 Å². The number of nitrogens with one attached hydrogen (secondary N) is 1. The van der Waals surface area contributed by atoms with Gasteiger partial charge in [0.1, 0.15) is 6.54 Å². The third-order valence-electron chi connectivity index (χ3n) is 1.64. The number of carbonyl (C=O) groups is 2. The van der Waals surface area contributed by atoms with E-state index in [9.17, 15) is 9.59 Å². The fourth-order valence-electron chi connectivity index (χ4n) is 0.967. The number of rotatable bonds is 3. The Labute approximate surface area is 90.8 Å². The molecular weight excluding hydrogens is 220 g/mol.